The van der Waals surface area contributed by atoms with Crippen LogP contribution in [0.25, 0.3) is 0 Å². The third-order valence-electron chi connectivity index (χ3n) is 15.1. The molecule has 0 bridgehead atoms. The van der Waals surface area contributed by atoms with E-state index in [2.05, 4.69) is 57.2 Å². The van der Waals surface area contributed by atoms with Crippen LogP contribution in [-0.2, 0) is 28.6 Å². The fraction of sp³-hybridized carbons (Fsp3) is 0.870. The second kappa shape index (κ2) is 64.2. The lowest BCUT2D eigenvalue weighted by Gasteiger charge is -2.18. The fourth-order valence-electron chi connectivity index (χ4n) is 10.1. The van der Waals surface area contributed by atoms with Crippen molar-refractivity contribution in [3.05, 3.63) is 36.5 Å². The minimum Gasteiger partial charge on any atom is -0.462 e. The van der Waals surface area contributed by atoms with Crippen LogP contribution in [0.3, 0.4) is 0 Å². The van der Waals surface area contributed by atoms with Gasteiger partial charge in [0, 0.05) is 19.3 Å². The highest BCUT2D eigenvalue weighted by molar-refractivity contribution is 5.71. The molecule has 0 aliphatic carbocycles. The second-order valence-electron chi connectivity index (χ2n) is 22.7. The molecular weight excluding hydrogens is 925 g/mol. The van der Waals surface area contributed by atoms with Gasteiger partial charge in [0.05, 0.1) is 0 Å². The van der Waals surface area contributed by atoms with Gasteiger partial charge in [-0.2, -0.15) is 0 Å². The SMILES string of the molecule is CCC/C=C\CCCCCCCC(=O)OCC(COC(=O)CCCCCCCCCCCCCCCCCCCCC/C=C\C/C=C\CCCCCCC)OC(=O)CCCCCCCCCCCCCCCCCC. The molecule has 0 aliphatic rings. The Labute approximate surface area is 467 Å². The number of carbonyl (C=O) groups is 3. The quantitative estimate of drug-likeness (QED) is 0.0261. The molecule has 0 saturated carbocycles. The fourth-order valence-corrected chi connectivity index (χ4v) is 10.1. The van der Waals surface area contributed by atoms with Crippen molar-refractivity contribution in [3.63, 3.8) is 0 Å². The van der Waals surface area contributed by atoms with Crippen LogP contribution in [0.4, 0.5) is 0 Å². The Morgan fingerprint density at radius 3 is 0.800 bits per heavy atom. The minimum atomic E-state index is -0.771. The summed E-state index contributed by atoms with van der Waals surface area (Å²) in [4.78, 5) is 38.2. The van der Waals surface area contributed by atoms with Crippen molar-refractivity contribution in [3.8, 4) is 0 Å². The van der Waals surface area contributed by atoms with E-state index in [4.69, 9.17) is 14.2 Å². The highest BCUT2D eigenvalue weighted by Crippen LogP contribution is 2.18. The van der Waals surface area contributed by atoms with Crippen molar-refractivity contribution in [2.75, 3.05) is 13.2 Å². The lowest BCUT2D eigenvalue weighted by Crippen LogP contribution is -2.30. The van der Waals surface area contributed by atoms with E-state index in [0.29, 0.717) is 19.3 Å². The van der Waals surface area contributed by atoms with E-state index < -0.39 is 6.10 Å². The van der Waals surface area contributed by atoms with Crippen molar-refractivity contribution in [2.24, 2.45) is 0 Å². The maximum atomic E-state index is 12.9. The molecule has 0 amide bonds. The number of hydrogen-bond acceptors (Lipinski definition) is 6. The Morgan fingerprint density at radius 2 is 0.507 bits per heavy atom. The van der Waals surface area contributed by atoms with Gasteiger partial charge in [0.2, 0.25) is 0 Å². The molecule has 0 aliphatic heterocycles. The molecule has 1 atom stereocenters. The van der Waals surface area contributed by atoms with Gasteiger partial charge < -0.3 is 14.2 Å². The summed E-state index contributed by atoms with van der Waals surface area (Å²) in [6.07, 6.45) is 79.0. The third kappa shape index (κ3) is 62.4. The lowest BCUT2D eigenvalue weighted by atomic mass is 10.0. The predicted molar refractivity (Wildman–Crippen MR) is 326 cm³/mol. The summed E-state index contributed by atoms with van der Waals surface area (Å²) in [5, 5.41) is 0. The van der Waals surface area contributed by atoms with E-state index in [-0.39, 0.29) is 31.1 Å². The molecule has 1 unspecified atom stereocenters. The molecule has 0 N–H and O–H groups in total. The number of rotatable bonds is 62. The summed E-state index contributed by atoms with van der Waals surface area (Å²) >= 11 is 0. The molecule has 6 heteroatoms. The summed E-state index contributed by atoms with van der Waals surface area (Å²) in [6, 6.07) is 0. The Kier molecular flexibility index (Phi) is 62.1. The lowest BCUT2D eigenvalue weighted by molar-refractivity contribution is -0.167. The normalized spacial score (nSPS) is 12.2. The van der Waals surface area contributed by atoms with Gasteiger partial charge in [-0.1, -0.05) is 314 Å². The largest absolute Gasteiger partial charge is 0.462 e. The highest BCUT2D eigenvalue weighted by Gasteiger charge is 2.19. The van der Waals surface area contributed by atoms with Crippen molar-refractivity contribution in [1.29, 1.82) is 0 Å². The molecule has 0 aromatic carbocycles. The van der Waals surface area contributed by atoms with Gasteiger partial charge in [-0.3, -0.25) is 14.4 Å². The van der Waals surface area contributed by atoms with Gasteiger partial charge in [0.25, 0.3) is 0 Å². The van der Waals surface area contributed by atoms with Gasteiger partial charge in [0.15, 0.2) is 6.10 Å². The molecule has 0 aromatic rings. The zero-order valence-electron chi connectivity index (χ0n) is 50.6. The van der Waals surface area contributed by atoms with Crippen LogP contribution in [0.2, 0.25) is 0 Å². The van der Waals surface area contributed by atoms with Crippen LogP contribution in [0.5, 0.6) is 0 Å². The monoisotopic (exact) mass is 1050 g/mol. The summed E-state index contributed by atoms with van der Waals surface area (Å²) in [7, 11) is 0. The third-order valence-corrected chi connectivity index (χ3v) is 15.1. The average Bonchev–Trinajstić information content (AvgIpc) is 3.41. The van der Waals surface area contributed by atoms with Crippen molar-refractivity contribution in [2.45, 2.75) is 374 Å². The van der Waals surface area contributed by atoms with Crippen molar-refractivity contribution >= 4 is 17.9 Å². The van der Waals surface area contributed by atoms with E-state index in [1.54, 1.807) is 0 Å². The molecule has 0 aromatic heterocycles. The number of ether oxygens (including phenoxy) is 3. The Bertz CT molecular complexity index is 1250. The van der Waals surface area contributed by atoms with E-state index in [9.17, 15) is 14.4 Å². The van der Waals surface area contributed by atoms with Gasteiger partial charge in [-0.05, 0) is 70.6 Å². The maximum absolute atomic E-state index is 12.9. The van der Waals surface area contributed by atoms with Crippen molar-refractivity contribution < 1.29 is 28.6 Å². The number of carbonyl (C=O) groups excluding carboxylic acids is 3. The molecule has 0 spiro atoms. The average molecular weight is 1050 g/mol. The Balaban J connectivity index is 4.07. The van der Waals surface area contributed by atoms with E-state index >= 15 is 0 Å². The summed E-state index contributed by atoms with van der Waals surface area (Å²) in [6.45, 7) is 6.62. The van der Waals surface area contributed by atoms with Crippen LogP contribution >= 0.6 is 0 Å². The van der Waals surface area contributed by atoms with Gasteiger partial charge >= 0.3 is 17.9 Å². The van der Waals surface area contributed by atoms with Crippen molar-refractivity contribution in [1.82, 2.24) is 0 Å². The van der Waals surface area contributed by atoms with Gasteiger partial charge in [-0.25, -0.2) is 0 Å². The molecule has 0 saturated heterocycles. The molecule has 0 fully saturated rings. The standard InChI is InChI=1S/C69H128O6/c1-4-7-10-13-16-19-22-24-26-28-29-30-31-32-33-34-35-36-37-38-39-40-41-42-44-45-47-50-53-56-59-62-68(71)74-65-66(64-73-67(70)61-58-55-52-49-21-18-15-12-9-6-3)75-69(72)63-60-57-54-51-48-46-43-27-25-23-20-17-14-11-8-5-2/h12,15,22,24,28-29,66H,4-11,13-14,16-21,23,25-27,30-65H2,1-3H3/b15-12-,24-22-,29-28-. The molecule has 75 heavy (non-hydrogen) atoms. The molecule has 0 heterocycles. The van der Waals surface area contributed by atoms with E-state index in [0.717, 1.165) is 77.0 Å². The summed E-state index contributed by atoms with van der Waals surface area (Å²) in [5.74, 6) is -0.856. The topological polar surface area (TPSA) is 78.9 Å². The molecule has 440 valence electrons. The predicted octanol–water partition coefficient (Wildman–Crippen LogP) is 22.8. The van der Waals surface area contributed by atoms with Crippen LogP contribution in [-0.4, -0.2) is 37.2 Å². The summed E-state index contributed by atoms with van der Waals surface area (Å²) in [5.41, 5.74) is 0. The summed E-state index contributed by atoms with van der Waals surface area (Å²) < 4.78 is 16.9. The zero-order chi connectivity index (χ0) is 54.3. The Hall–Kier alpha value is -2.37. The number of unbranched alkanes of at least 4 members (excludes halogenated alkanes) is 45. The molecule has 0 rings (SSSR count). The first-order chi connectivity index (χ1) is 37.0. The van der Waals surface area contributed by atoms with Crippen LogP contribution in [0, 0.1) is 0 Å². The second-order valence-corrected chi connectivity index (χ2v) is 22.7. The van der Waals surface area contributed by atoms with Crippen LogP contribution < -0.4 is 0 Å². The Morgan fingerprint density at radius 1 is 0.267 bits per heavy atom. The van der Waals surface area contributed by atoms with E-state index in [1.807, 2.05) is 0 Å². The number of esters is 3. The maximum Gasteiger partial charge on any atom is 0.306 e. The molecular formula is C69H128O6. The van der Waals surface area contributed by atoms with E-state index in [1.165, 1.54) is 250 Å². The molecule has 0 radical (unpaired) electrons. The van der Waals surface area contributed by atoms with Gasteiger partial charge in [0.1, 0.15) is 13.2 Å². The van der Waals surface area contributed by atoms with Crippen LogP contribution in [0.1, 0.15) is 367 Å². The first-order valence-corrected chi connectivity index (χ1v) is 33.5. The number of allylic oxidation sites excluding steroid dienone is 6. The first-order valence-electron chi connectivity index (χ1n) is 33.5. The smallest absolute Gasteiger partial charge is 0.306 e. The minimum absolute atomic E-state index is 0.0691. The highest BCUT2D eigenvalue weighted by atomic mass is 16.6. The number of hydrogen-bond donors (Lipinski definition) is 0. The zero-order valence-corrected chi connectivity index (χ0v) is 50.6. The van der Waals surface area contributed by atoms with Gasteiger partial charge in [-0.15, -0.1) is 0 Å². The first kappa shape index (κ1) is 72.6. The molecule has 6 nitrogen and oxygen atoms in total. The van der Waals surface area contributed by atoms with Crippen LogP contribution in [0.15, 0.2) is 36.5 Å².